The summed E-state index contributed by atoms with van der Waals surface area (Å²) in [7, 11) is -10.6. The number of nitrogens with one attached hydrogen (secondary N) is 2. The van der Waals surface area contributed by atoms with E-state index in [-0.39, 0.29) is 56.5 Å². The van der Waals surface area contributed by atoms with Crippen LogP contribution < -0.4 is 20.1 Å². The van der Waals surface area contributed by atoms with Gasteiger partial charge in [-0.25, -0.2) is 26.8 Å². The second-order valence-electron chi connectivity index (χ2n) is 12.5. The smallest absolute Gasteiger partial charge is 0.231 e. The summed E-state index contributed by atoms with van der Waals surface area (Å²) in [6, 6.07) is 35.9. The van der Waals surface area contributed by atoms with Crippen molar-refractivity contribution in [3.05, 3.63) is 144 Å². The molecule has 0 amide bonds. The van der Waals surface area contributed by atoms with Gasteiger partial charge in [-0.15, -0.1) is 0 Å². The maximum atomic E-state index is 12.6. The van der Waals surface area contributed by atoms with Crippen molar-refractivity contribution in [2.24, 2.45) is 0 Å². The van der Waals surface area contributed by atoms with Crippen LogP contribution in [0.1, 0.15) is 0 Å². The Morgan fingerprint density at radius 1 is 0.466 bits per heavy atom. The number of halogens is 2. The molecule has 0 radical (unpaired) electrons. The number of fused-ring (bicyclic) bond motifs is 2. The third kappa shape index (κ3) is 8.77. The molecule has 0 atom stereocenters. The highest BCUT2D eigenvalue weighted by Gasteiger charge is 2.20. The number of aromatic nitrogens is 4. The first-order chi connectivity index (χ1) is 27.7. The first kappa shape index (κ1) is 38.5. The van der Waals surface area contributed by atoms with Gasteiger partial charge < -0.3 is 29.2 Å². The molecule has 0 unspecified atom stereocenters. The number of hydrogen-bond donors (Lipinski definition) is 2. The van der Waals surface area contributed by atoms with Crippen molar-refractivity contribution in [1.29, 1.82) is 0 Å². The van der Waals surface area contributed by atoms with Gasteiger partial charge in [0.2, 0.25) is 23.7 Å². The van der Waals surface area contributed by atoms with Crippen molar-refractivity contribution >= 4 is 88.3 Å². The molecule has 0 saturated carbocycles. The van der Waals surface area contributed by atoms with E-state index < -0.39 is 30.0 Å². The fourth-order valence-corrected chi connectivity index (χ4v) is 7.81. The zero-order chi connectivity index (χ0) is 40.6. The minimum absolute atomic E-state index is 0.0155. The topological polar surface area (TPSA) is 208 Å². The molecule has 8 rings (SSSR count). The van der Waals surface area contributed by atoms with E-state index in [1.807, 2.05) is 72.8 Å². The SMILES string of the molecule is O=S(=O)([O-])c1cc(Nc2nc(Cl)cc(Oc3ccc4ccccc4c3)n2)ccc1-c1ccc(Nc2nc(Cl)cc(Oc3ccc4ccccc4c3)n2)cc1S(=O)(=O)[O-]. The van der Waals surface area contributed by atoms with E-state index in [1.54, 1.807) is 12.1 Å². The van der Waals surface area contributed by atoms with Crippen LogP contribution in [0.4, 0.5) is 23.3 Å². The lowest BCUT2D eigenvalue weighted by molar-refractivity contribution is 0.460. The Hall–Kier alpha value is -6.40. The van der Waals surface area contributed by atoms with Gasteiger partial charge in [0.1, 0.15) is 42.0 Å². The lowest BCUT2D eigenvalue weighted by atomic mass is 10.0. The van der Waals surface area contributed by atoms with Crippen LogP contribution in [-0.4, -0.2) is 45.9 Å². The van der Waals surface area contributed by atoms with E-state index in [0.29, 0.717) is 11.5 Å². The van der Waals surface area contributed by atoms with Crippen LogP contribution in [0.2, 0.25) is 10.3 Å². The van der Waals surface area contributed by atoms with Crippen LogP contribution in [0.5, 0.6) is 23.3 Å². The van der Waals surface area contributed by atoms with Gasteiger partial charge >= 0.3 is 0 Å². The molecule has 58 heavy (non-hydrogen) atoms. The zero-order valence-corrected chi connectivity index (χ0v) is 32.5. The zero-order valence-electron chi connectivity index (χ0n) is 29.3. The Kier molecular flexibility index (Phi) is 10.3. The summed E-state index contributed by atoms with van der Waals surface area (Å²) in [5.74, 6) is 0.813. The molecule has 290 valence electrons. The number of anilines is 4. The second-order valence-corrected chi connectivity index (χ2v) is 16.0. The molecule has 6 aromatic carbocycles. The van der Waals surface area contributed by atoms with Crippen molar-refractivity contribution in [2.75, 3.05) is 10.6 Å². The molecule has 8 aromatic rings. The number of benzene rings is 6. The largest absolute Gasteiger partial charge is 0.744 e. The van der Waals surface area contributed by atoms with Gasteiger partial charge in [-0.1, -0.05) is 96.0 Å². The summed E-state index contributed by atoms with van der Waals surface area (Å²) in [5, 5.41) is 9.41. The fraction of sp³-hybridized carbons (Fsp3) is 0. The van der Waals surface area contributed by atoms with Crippen molar-refractivity contribution in [1.82, 2.24) is 19.9 Å². The molecular formula is C40H24Cl2N6O8S2-2. The highest BCUT2D eigenvalue weighted by atomic mass is 35.5. The van der Waals surface area contributed by atoms with E-state index in [2.05, 4.69) is 30.6 Å². The predicted octanol–water partition coefficient (Wildman–Crippen LogP) is 9.43. The minimum Gasteiger partial charge on any atom is -0.744 e. The summed E-state index contributed by atoms with van der Waals surface area (Å²) in [6.07, 6.45) is 0. The van der Waals surface area contributed by atoms with Crippen LogP contribution in [0.15, 0.2) is 143 Å². The molecule has 0 aliphatic carbocycles. The minimum atomic E-state index is -5.28. The summed E-state index contributed by atoms with van der Waals surface area (Å²) in [5.41, 5.74) is -0.693. The van der Waals surface area contributed by atoms with Gasteiger partial charge in [-0.3, -0.25) is 0 Å². The highest BCUT2D eigenvalue weighted by Crippen LogP contribution is 2.37. The number of hydrogen-bond acceptors (Lipinski definition) is 14. The summed E-state index contributed by atoms with van der Waals surface area (Å²) in [6.45, 7) is 0. The fourth-order valence-electron chi connectivity index (χ4n) is 6.03. The molecule has 0 bridgehead atoms. The number of nitrogens with zero attached hydrogens (tertiary/aromatic N) is 4. The number of ether oxygens (including phenoxy) is 2. The molecule has 2 heterocycles. The first-order valence-corrected chi connectivity index (χ1v) is 20.5. The third-order valence-electron chi connectivity index (χ3n) is 8.53. The second kappa shape index (κ2) is 15.5. The van der Waals surface area contributed by atoms with Crippen LogP contribution in [-0.2, 0) is 20.2 Å². The lowest BCUT2D eigenvalue weighted by Gasteiger charge is -2.20. The summed E-state index contributed by atoms with van der Waals surface area (Å²) >= 11 is 12.5. The first-order valence-electron chi connectivity index (χ1n) is 16.9. The molecule has 0 spiro atoms. The molecule has 0 saturated heterocycles. The lowest BCUT2D eigenvalue weighted by Crippen LogP contribution is -2.07. The number of rotatable bonds is 11. The van der Waals surface area contributed by atoms with Gasteiger partial charge in [0.15, 0.2) is 0 Å². The van der Waals surface area contributed by atoms with Crippen LogP contribution >= 0.6 is 23.2 Å². The van der Waals surface area contributed by atoms with Gasteiger partial charge in [-0.05, 0) is 70.1 Å². The van der Waals surface area contributed by atoms with Crippen LogP contribution in [0.25, 0.3) is 32.7 Å². The third-order valence-corrected chi connectivity index (χ3v) is 10.7. The quantitative estimate of drug-likeness (QED) is 0.0918. The van der Waals surface area contributed by atoms with Gasteiger partial charge in [-0.2, -0.15) is 9.97 Å². The monoisotopic (exact) mass is 850 g/mol. The molecule has 0 fully saturated rings. The van der Waals surface area contributed by atoms with E-state index in [0.717, 1.165) is 45.8 Å². The Labute approximate surface area is 340 Å². The van der Waals surface area contributed by atoms with E-state index >= 15 is 0 Å². The Morgan fingerprint density at radius 3 is 1.26 bits per heavy atom. The highest BCUT2D eigenvalue weighted by molar-refractivity contribution is 7.86. The molecule has 2 aromatic heterocycles. The average Bonchev–Trinajstić information content (AvgIpc) is 3.17. The van der Waals surface area contributed by atoms with Crippen LogP contribution in [0.3, 0.4) is 0 Å². The Bertz CT molecular complexity index is 2930. The molecule has 14 nitrogen and oxygen atoms in total. The van der Waals surface area contributed by atoms with Crippen LogP contribution in [0, 0.1) is 0 Å². The van der Waals surface area contributed by atoms with Crippen molar-refractivity contribution in [3.63, 3.8) is 0 Å². The van der Waals surface area contributed by atoms with Gasteiger partial charge in [0.25, 0.3) is 0 Å². The Balaban J connectivity index is 1.07. The maximum Gasteiger partial charge on any atom is 0.231 e. The normalized spacial score (nSPS) is 11.7. The maximum absolute atomic E-state index is 12.6. The van der Waals surface area contributed by atoms with Crippen molar-refractivity contribution in [3.8, 4) is 34.4 Å². The molecule has 2 N–H and O–H groups in total. The average molecular weight is 852 g/mol. The van der Waals surface area contributed by atoms with E-state index in [4.69, 9.17) is 32.7 Å². The summed E-state index contributed by atoms with van der Waals surface area (Å²) in [4.78, 5) is 15.1. The molecule has 0 aliphatic heterocycles. The molecule has 0 aliphatic rings. The Morgan fingerprint density at radius 2 is 0.862 bits per heavy atom. The van der Waals surface area contributed by atoms with E-state index in [9.17, 15) is 25.9 Å². The van der Waals surface area contributed by atoms with Crippen molar-refractivity contribution < 1.29 is 35.4 Å². The summed E-state index contributed by atoms with van der Waals surface area (Å²) < 4.78 is 87.6. The predicted molar refractivity (Wildman–Crippen MR) is 216 cm³/mol. The van der Waals surface area contributed by atoms with E-state index in [1.165, 1.54) is 24.3 Å². The van der Waals surface area contributed by atoms with Crippen molar-refractivity contribution in [2.45, 2.75) is 9.79 Å². The van der Waals surface area contributed by atoms with Gasteiger partial charge in [0, 0.05) is 34.6 Å². The molecule has 18 heteroatoms. The van der Waals surface area contributed by atoms with Gasteiger partial charge in [0.05, 0.1) is 9.79 Å². The standard InChI is InChI=1S/C40H26Cl2N6O8S2/c41-35-21-37(55-29-13-9-23-5-1-3-7-25(23)17-29)47-39(45-35)43-27-11-15-31(33(19-27)57(49,50)51)32-16-12-28(20-34(32)58(52,53)54)44-40-46-36(42)22-38(48-40)56-30-14-10-24-6-2-4-8-26(24)18-30/h1-22H,(H,43,45,47)(H,44,46,48)(H,49,50,51)(H,52,53,54)/p-2. The molecular weight excluding hydrogens is 828 g/mol.